The first-order valence-electron chi connectivity index (χ1n) is 41.9. The molecule has 25 aromatic rings. The number of fused-ring (bicyclic) bond motifs is 12. The summed E-state index contributed by atoms with van der Waals surface area (Å²) < 4.78 is 16.0. The molecule has 0 unspecified atom stereocenters. The lowest BCUT2D eigenvalue weighted by Crippen LogP contribution is -1.94. The van der Waals surface area contributed by atoms with Crippen LogP contribution in [0.3, 0.4) is 0 Å². The van der Waals surface area contributed by atoms with E-state index in [1.54, 1.807) is 56.8 Å². The highest BCUT2D eigenvalue weighted by atomic mass is 35.5. The molecule has 0 amide bonds. The van der Waals surface area contributed by atoms with Crippen molar-refractivity contribution in [2.45, 2.75) is 27.4 Å². The van der Waals surface area contributed by atoms with Crippen molar-refractivity contribution in [1.82, 2.24) is 59.8 Å². The Hall–Kier alpha value is -16.6. The summed E-state index contributed by atoms with van der Waals surface area (Å²) in [5.41, 5.74) is 18.9. The highest BCUT2D eigenvalue weighted by molar-refractivity contribution is 6.35. The van der Waals surface area contributed by atoms with Gasteiger partial charge < -0.3 is 89.3 Å². The largest absolute Gasteiger partial charge is 0.508 e. The zero-order valence-corrected chi connectivity index (χ0v) is 73.6. The molecule has 12 aromatic heterocycles. The first kappa shape index (κ1) is 89.7. The van der Waals surface area contributed by atoms with Gasteiger partial charge in [0, 0.05) is 199 Å². The van der Waals surface area contributed by atoms with Crippen molar-refractivity contribution in [3.63, 3.8) is 0 Å². The number of aromatic amines is 12. The van der Waals surface area contributed by atoms with Crippen molar-refractivity contribution in [2.75, 3.05) is 14.2 Å². The number of H-pyrrole nitrogens is 12. The molecule has 0 saturated carbocycles. The zero-order valence-electron chi connectivity index (χ0n) is 72.0. The number of carboxylic acids is 1. The average Bonchev–Trinajstić information content (AvgIpc) is 1.69. The lowest BCUT2D eigenvalue weighted by Gasteiger charge is -2.06. The molecule has 0 aliphatic rings. The van der Waals surface area contributed by atoms with Crippen LogP contribution in [0.25, 0.3) is 131 Å². The molecule has 0 aliphatic carbocycles. The molecule has 19 nitrogen and oxygen atoms in total. The minimum Gasteiger partial charge on any atom is -0.508 e. The number of hydrogen-bond acceptors (Lipinski definition) is 6. The molecule has 0 radical (unpaired) electrons. The Morgan fingerprint density at radius 2 is 0.692 bits per heavy atom. The fourth-order valence-electron chi connectivity index (χ4n) is 14.2. The molecule has 130 heavy (non-hydrogen) atoms. The quantitative estimate of drug-likeness (QED) is 0.0763. The molecule has 13 aromatic carbocycles. The van der Waals surface area contributed by atoms with Gasteiger partial charge >= 0.3 is 5.97 Å². The van der Waals surface area contributed by atoms with Gasteiger partial charge in [-0.1, -0.05) is 126 Å². The SMILES string of the molecule is COc1ccc2[nH]ccc2c1.COc1cccc2[nH]ccc12.Cc1ccc2[nH]ccc2c1.Cc1ccc2cc[nH]c2c1.Cc1cccc2[nH]ccc12.Clc1ccc2[nH]ccc2c1.Clc1cccc2[nH]ccc12.O=C(O)c1ccc2[nH]ccc2c1.Oc1ccc2[nH]ccc2c1.Oc1cccc2[nH]ccc12.c1ccc(COc2ccc3[nH]ccc3c2)cc1.c1ccc2[nH]ccc2c1. The number of ether oxygens (including phenoxy) is 3. The molecule has 0 spiro atoms. The Balaban J connectivity index is 0.000000115. The molecule has 0 bridgehead atoms. The van der Waals surface area contributed by atoms with E-state index in [0.29, 0.717) is 23.7 Å². The Bertz CT molecular complexity index is 7310. The van der Waals surface area contributed by atoms with E-state index in [0.717, 1.165) is 104 Å². The number of aryl methyl sites for hydroxylation is 3. The second-order valence-corrected chi connectivity index (χ2v) is 30.8. The van der Waals surface area contributed by atoms with Crippen LogP contribution in [-0.4, -0.2) is 95.3 Å². The number of nitrogens with one attached hydrogen (secondary N) is 12. The van der Waals surface area contributed by atoms with Gasteiger partial charge in [-0.25, -0.2) is 4.79 Å². The summed E-state index contributed by atoms with van der Waals surface area (Å²) in [6.07, 6.45) is 22.8. The minimum atomic E-state index is -0.891. The van der Waals surface area contributed by atoms with Crippen LogP contribution in [0.4, 0.5) is 0 Å². The molecule has 25 rings (SSSR count). The lowest BCUT2D eigenvalue weighted by atomic mass is 10.1. The molecule has 0 fully saturated rings. The van der Waals surface area contributed by atoms with Gasteiger partial charge in [0.05, 0.1) is 19.8 Å². The summed E-state index contributed by atoms with van der Waals surface area (Å²) in [6, 6.07) is 107. The second-order valence-electron chi connectivity index (χ2n) is 30.0. The Labute approximate surface area is 759 Å². The fourth-order valence-corrected chi connectivity index (χ4v) is 14.6. The summed E-state index contributed by atoms with van der Waals surface area (Å²) in [5, 5.41) is 42.3. The van der Waals surface area contributed by atoms with Crippen molar-refractivity contribution in [1.29, 1.82) is 0 Å². The van der Waals surface area contributed by atoms with Gasteiger partial charge in [0.1, 0.15) is 35.4 Å². The Kier molecular flexibility index (Phi) is 30.9. The van der Waals surface area contributed by atoms with Crippen LogP contribution in [-0.2, 0) is 6.61 Å². The Morgan fingerprint density at radius 3 is 1.27 bits per heavy atom. The van der Waals surface area contributed by atoms with Crippen molar-refractivity contribution >= 4 is 160 Å². The van der Waals surface area contributed by atoms with E-state index in [2.05, 4.69) is 190 Å². The number of carbonyl (C=O) groups is 1. The van der Waals surface area contributed by atoms with E-state index >= 15 is 0 Å². The van der Waals surface area contributed by atoms with Crippen LogP contribution in [0.1, 0.15) is 32.6 Å². The molecule has 0 aliphatic heterocycles. The smallest absolute Gasteiger partial charge is 0.335 e. The number of aromatic nitrogens is 12. The van der Waals surface area contributed by atoms with Crippen LogP contribution in [0, 0.1) is 20.8 Å². The second kappa shape index (κ2) is 44.8. The predicted octanol–water partition coefficient (Wildman–Crippen LogP) is 29.0. The van der Waals surface area contributed by atoms with E-state index in [1.165, 1.54) is 76.6 Å². The van der Waals surface area contributed by atoms with Crippen LogP contribution in [0.2, 0.25) is 10.0 Å². The van der Waals surface area contributed by atoms with E-state index in [4.69, 9.17) is 47.6 Å². The summed E-state index contributed by atoms with van der Waals surface area (Å²) in [4.78, 5) is 47.7. The van der Waals surface area contributed by atoms with Crippen LogP contribution < -0.4 is 14.2 Å². The lowest BCUT2D eigenvalue weighted by molar-refractivity contribution is 0.0697. The molecule has 21 heteroatoms. The zero-order chi connectivity index (χ0) is 90.3. The van der Waals surface area contributed by atoms with Gasteiger partial charge in [0.2, 0.25) is 0 Å². The maximum Gasteiger partial charge on any atom is 0.335 e. The van der Waals surface area contributed by atoms with Crippen molar-refractivity contribution in [3.8, 4) is 28.7 Å². The number of hydrogen-bond donors (Lipinski definition) is 15. The van der Waals surface area contributed by atoms with Crippen molar-refractivity contribution in [3.05, 3.63) is 440 Å². The maximum atomic E-state index is 10.6. The molecular formula is C109H98Cl2N12O7. The van der Waals surface area contributed by atoms with E-state index in [1.807, 2.05) is 250 Å². The number of aromatic carboxylic acids is 1. The summed E-state index contributed by atoms with van der Waals surface area (Å²) in [7, 11) is 3.36. The number of benzene rings is 13. The molecule has 15 N–H and O–H groups in total. The van der Waals surface area contributed by atoms with Crippen molar-refractivity contribution in [2.24, 2.45) is 0 Å². The van der Waals surface area contributed by atoms with E-state index in [-0.39, 0.29) is 0 Å². The number of para-hydroxylation sites is 1. The van der Waals surface area contributed by atoms with Gasteiger partial charge in [-0.15, -0.1) is 0 Å². The minimum absolute atomic E-state index is 0.312. The number of carboxylic acid groups (broad SMARTS) is 1. The highest BCUT2D eigenvalue weighted by Gasteiger charge is 2.07. The van der Waals surface area contributed by atoms with E-state index < -0.39 is 5.97 Å². The highest BCUT2D eigenvalue weighted by Crippen LogP contribution is 2.28. The summed E-state index contributed by atoms with van der Waals surface area (Å²) in [5.74, 6) is 2.48. The maximum absolute atomic E-state index is 10.6. The van der Waals surface area contributed by atoms with Gasteiger partial charge in [0.15, 0.2) is 0 Å². The van der Waals surface area contributed by atoms with Gasteiger partial charge in [-0.3, -0.25) is 0 Å². The monoisotopic (exact) mass is 1760 g/mol. The molecular weight excluding hydrogens is 1660 g/mol. The van der Waals surface area contributed by atoms with E-state index in [9.17, 15) is 9.90 Å². The van der Waals surface area contributed by atoms with Gasteiger partial charge in [-0.2, -0.15) is 0 Å². The van der Waals surface area contributed by atoms with Crippen LogP contribution in [0.5, 0.6) is 28.7 Å². The number of phenols is 2. The number of rotatable bonds is 6. The standard InChI is InChI=1S/C15H13NO.C9H7NO2.2C9H9NO.3C9H9N.2C8H6ClN.2C8H7NO.C8H7N/c1-2-4-12(5-3-1)11-17-14-6-7-15-13(10-14)8-9-16-15;11-9(12)7-1-2-8-6(5-7)3-4-10-8;1-11-8-2-3-9-7(6-8)4-5-10-9;1-11-9-4-2-3-8-7(9)5-6-10-8;1-7-2-3-9-8(6-7)4-5-10-9;1-7-2-3-8-4-5-10-9(8)6-7;1-7-3-2-4-9-8(7)5-6-10-9;9-7-1-2-8-6(5-7)3-4-10-8;9-7-2-1-3-8-6(7)4-5-10-8;10-7-1-2-8-6(5-7)3-4-9-8;10-8-3-1-2-7-6(8)4-5-9-7;1-2-4-8-7(3-1)5-6-9-8/h1-10,16H,11H2;1-5,10H,(H,11,12);2*2-6,10H,1H3;3*2-6,10H,1H3;2*1-5,10H;2*1-5,9-10H;1-6,9H. The Morgan fingerprint density at radius 1 is 0.292 bits per heavy atom. The average molecular weight is 1760 g/mol. The fraction of sp³-hybridized carbons (Fsp3) is 0.0550. The summed E-state index contributed by atoms with van der Waals surface area (Å²) in [6.45, 7) is 6.93. The normalized spacial score (nSPS) is 10.4. The van der Waals surface area contributed by atoms with Crippen LogP contribution >= 0.6 is 23.2 Å². The molecule has 0 saturated heterocycles. The topological polar surface area (TPSA) is 295 Å². The first-order chi connectivity index (χ1) is 63.5. The predicted molar refractivity (Wildman–Crippen MR) is 538 cm³/mol. The number of phenolic OH excluding ortho intramolecular Hbond substituents is 2. The molecule has 650 valence electrons. The first-order valence-corrected chi connectivity index (χ1v) is 42.6. The number of halogens is 2. The van der Waals surface area contributed by atoms with Gasteiger partial charge in [0.25, 0.3) is 0 Å². The van der Waals surface area contributed by atoms with Crippen molar-refractivity contribution < 1.29 is 34.3 Å². The molecule has 12 heterocycles. The summed E-state index contributed by atoms with van der Waals surface area (Å²) >= 11 is 11.6. The third kappa shape index (κ3) is 24.7. The van der Waals surface area contributed by atoms with Crippen LogP contribution in [0.15, 0.2) is 402 Å². The number of aromatic hydroxyl groups is 2. The third-order valence-corrected chi connectivity index (χ3v) is 21.5. The third-order valence-electron chi connectivity index (χ3n) is 21.0. The van der Waals surface area contributed by atoms with Gasteiger partial charge in [-0.05, 0) is 284 Å². The molecule has 0 atom stereocenters. The number of methoxy groups -OCH3 is 2.